The number of aromatic nitrogens is 2. The van der Waals surface area contributed by atoms with Gasteiger partial charge in [-0.25, -0.2) is 13.4 Å². The molecule has 0 atom stereocenters. The molecule has 0 spiro atoms. The molecule has 1 saturated carbocycles. The lowest BCUT2D eigenvalue weighted by molar-refractivity contribution is 0.262. The topological polar surface area (TPSA) is 66.1 Å². The van der Waals surface area contributed by atoms with Gasteiger partial charge in [0.05, 0.1) is 6.20 Å². The molecule has 0 aromatic carbocycles. The van der Waals surface area contributed by atoms with Crippen molar-refractivity contribution in [2.45, 2.75) is 56.5 Å². The quantitative estimate of drug-likeness (QED) is 0.790. The second-order valence-corrected chi connectivity index (χ2v) is 7.80. The summed E-state index contributed by atoms with van der Waals surface area (Å²) in [6, 6.07) is 0.125. The first-order valence-corrected chi connectivity index (χ1v) is 9.77. The first-order chi connectivity index (χ1) is 9.59. The van der Waals surface area contributed by atoms with Gasteiger partial charge < -0.3 is 4.98 Å². The predicted octanol–water partition coefficient (Wildman–Crippen LogP) is 2.69. The first kappa shape index (κ1) is 16.0. The molecule has 1 aromatic heterocycles. The van der Waals surface area contributed by atoms with E-state index in [2.05, 4.69) is 25.9 Å². The Labute approximate surface area is 129 Å². The van der Waals surface area contributed by atoms with Crippen LogP contribution >= 0.6 is 15.9 Å². The van der Waals surface area contributed by atoms with Gasteiger partial charge in [0.1, 0.15) is 5.82 Å². The maximum absolute atomic E-state index is 12.8. The Morgan fingerprint density at radius 1 is 1.40 bits per heavy atom. The van der Waals surface area contributed by atoms with Gasteiger partial charge in [0, 0.05) is 24.3 Å². The number of alkyl halides is 1. The van der Waals surface area contributed by atoms with Crippen molar-refractivity contribution in [1.82, 2.24) is 14.3 Å². The highest BCUT2D eigenvalue weighted by molar-refractivity contribution is 9.09. The van der Waals surface area contributed by atoms with Crippen LogP contribution in [0.15, 0.2) is 11.2 Å². The van der Waals surface area contributed by atoms with Gasteiger partial charge in [0.2, 0.25) is 0 Å². The number of halogens is 1. The molecule has 7 heteroatoms. The lowest BCUT2D eigenvalue weighted by atomic mass is 9.95. The van der Waals surface area contributed by atoms with Gasteiger partial charge in [-0.05, 0) is 12.8 Å². The molecular formula is C13H22BrN3O2S. The summed E-state index contributed by atoms with van der Waals surface area (Å²) in [5.74, 6) is 0.714. The highest BCUT2D eigenvalue weighted by atomic mass is 79.9. The number of H-pyrrole nitrogens is 1. The van der Waals surface area contributed by atoms with Crippen LogP contribution in [0.25, 0.3) is 0 Å². The third-order valence-electron chi connectivity index (χ3n) is 3.81. The molecule has 5 nitrogen and oxygen atoms in total. The van der Waals surface area contributed by atoms with Gasteiger partial charge in [-0.2, -0.15) is 4.31 Å². The number of hydrogen-bond acceptors (Lipinski definition) is 3. The number of nitrogens with one attached hydrogen (secondary N) is 1. The van der Waals surface area contributed by atoms with E-state index in [9.17, 15) is 8.42 Å². The van der Waals surface area contributed by atoms with Gasteiger partial charge in [0.15, 0.2) is 5.03 Å². The highest BCUT2D eigenvalue weighted by Gasteiger charge is 2.32. The molecule has 0 aliphatic heterocycles. The standard InChI is InChI=1S/C13H22BrN3O2S/c1-2-12-15-10-13(16-12)20(18,19)17(9-8-14)11-6-4-3-5-7-11/h10-11H,2-9H2,1H3,(H,15,16). The first-order valence-electron chi connectivity index (χ1n) is 7.21. The van der Waals surface area contributed by atoms with E-state index in [1.165, 1.54) is 12.6 Å². The van der Waals surface area contributed by atoms with E-state index in [0.29, 0.717) is 24.1 Å². The molecule has 1 aliphatic rings. The molecule has 114 valence electrons. The van der Waals surface area contributed by atoms with Gasteiger partial charge in [-0.15, -0.1) is 0 Å². The van der Waals surface area contributed by atoms with Crippen LogP contribution in [-0.2, 0) is 16.4 Å². The van der Waals surface area contributed by atoms with E-state index in [1.807, 2.05) is 6.92 Å². The zero-order chi connectivity index (χ0) is 14.6. The van der Waals surface area contributed by atoms with Crippen LogP contribution in [0.4, 0.5) is 0 Å². The molecule has 2 rings (SSSR count). The molecule has 1 aromatic rings. The minimum atomic E-state index is -3.47. The fourth-order valence-corrected chi connectivity index (χ4v) is 4.97. The summed E-state index contributed by atoms with van der Waals surface area (Å²) in [6.45, 7) is 2.46. The van der Waals surface area contributed by atoms with Crippen molar-refractivity contribution < 1.29 is 8.42 Å². The molecule has 0 radical (unpaired) electrons. The van der Waals surface area contributed by atoms with Crippen LogP contribution in [0, 0.1) is 0 Å². The van der Waals surface area contributed by atoms with Crippen LogP contribution < -0.4 is 0 Å². The molecule has 0 amide bonds. The summed E-state index contributed by atoms with van der Waals surface area (Å²) in [5.41, 5.74) is 0. The highest BCUT2D eigenvalue weighted by Crippen LogP contribution is 2.27. The molecule has 0 unspecified atom stereocenters. The van der Waals surface area contributed by atoms with Crippen molar-refractivity contribution in [3.63, 3.8) is 0 Å². The molecule has 1 heterocycles. The van der Waals surface area contributed by atoms with E-state index in [-0.39, 0.29) is 11.1 Å². The van der Waals surface area contributed by atoms with Crippen LogP contribution in [0.3, 0.4) is 0 Å². The van der Waals surface area contributed by atoms with Crippen LogP contribution in [0.5, 0.6) is 0 Å². The number of sulfonamides is 1. The molecule has 1 fully saturated rings. The minimum absolute atomic E-state index is 0.125. The zero-order valence-electron chi connectivity index (χ0n) is 11.8. The number of nitrogens with zero attached hydrogens (tertiary/aromatic N) is 2. The Morgan fingerprint density at radius 2 is 2.10 bits per heavy atom. The lowest BCUT2D eigenvalue weighted by Gasteiger charge is -2.32. The second-order valence-electron chi connectivity index (χ2n) is 5.14. The zero-order valence-corrected chi connectivity index (χ0v) is 14.2. The van der Waals surface area contributed by atoms with Crippen molar-refractivity contribution in [3.8, 4) is 0 Å². The van der Waals surface area contributed by atoms with Crippen molar-refractivity contribution in [2.24, 2.45) is 0 Å². The smallest absolute Gasteiger partial charge is 0.260 e. The number of hydrogen-bond donors (Lipinski definition) is 1. The summed E-state index contributed by atoms with van der Waals surface area (Å²) in [4.78, 5) is 7.04. The summed E-state index contributed by atoms with van der Waals surface area (Å²) in [5, 5.41) is 0.873. The average molecular weight is 364 g/mol. The lowest BCUT2D eigenvalue weighted by Crippen LogP contribution is -2.42. The maximum atomic E-state index is 12.8. The van der Waals surface area contributed by atoms with E-state index in [1.54, 1.807) is 4.31 Å². The van der Waals surface area contributed by atoms with Crippen molar-refractivity contribution in [3.05, 3.63) is 12.0 Å². The number of aromatic amines is 1. The Kier molecular flexibility index (Phi) is 5.63. The Bertz CT molecular complexity index is 523. The summed E-state index contributed by atoms with van der Waals surface area (Å²) >= 11 is 3.37. The third-order valence-corrected chi connectivity index (χ3v) is 6.03. The number of imidazole rings is 1. The van der Waals surface area contributed by atoms with Crippen LogP contribution in [0.2, 0.25) is 0 Å². The number of aryl methyl sites for hydroxylation is 1. The van der Waals surface area contributed by atoms with Gasteiger partial charge >= 0.3 is 0 Å². The van der Waals surface area contributed by atoms with Crippen molar-refractivity contribution in [2.75, 3.05) is 11.9 Å². The Morgan fingerprint density at radius 3 is 2.65 bits per heavy atom. The predicted molar refractivity (Wildman–Crippen MR) is 82.5 cm³/mol. The summed E-state index contributed by atoms with van der Waals surface area (Å²) in [6.07, 6.45) is 7.50. The maximum Gasteiger partial charge on any atom is 0.260 e. The molecule has 20 heavy (non-hydrogen) atoms. The minimum Gasteiger partial charge on any atom is -0.332 e. The molecule has 0 bridgehead atoms. The Hall–Kier alpha value is -0.400. The average Bonchev–Trinajstić information content (AvgIpc) is 2.95. The summed E-state index contributed by atoms with van der Waals surface area (Å²) in [7, 11) is -3.47. The molecule has 0 saturated heterocycles. The van der Waals surface area contributed by atoms with E-state index in [0.717, 1.165) is 25.7 Å². The van der Waals surface area contributed by atoms with E-state index >= 15 is 0 Å². The molecule has 1 aliphatic carbocycles. The Balaban J connectivity index is 2.26. The summed E-state index contributed by atoms with van der Waals surface area (Å²) < 4.78 is 27.2. The largest absolute Gasteiger partial charge is 0.332 e. The van der Waals surface area contributed by atoms with E-state index < -0.39 is 10.0 Å². The van der Waals surface area contributed by atoms with Crippen molar-refractivity contribution >= 4 is 26.0 Å². The van der Waals surface area contributed by atoms with Crippen LogP contribution in [-0.4, -0.2) is 40.6 Å². The van der Waals surface area contributed by atoms with Gasteiger partial charge in [0.25, 0.3) is 10.0 Å². The van der Waals surface area contributed by atoms with Gasteiger partial charge in [-0.1, -0.05) is 42.1 Å². The van der Waals surface area contributed by atoms with Crippen molar-refractivity contribution in [1.29, 1.82) is 0 Å². The SMILES string of the molecule is CCc1ncc(S(=O)(=O)N(CCBr)C2CCCCC2)[nH]1. The molecular weight excluding hydrogens is 342 g/mol. The van der Waals surface area contributed by atoms with Crippen LogP contribution in [0.1, 0.15) is 44.9 Å². The van der Waals surface area contributed by atoms with E-state index in [4.69, 9.17) is 0 Å². The monoisotopic (exact) mass is 363 g/mol. The van der Waals surface area contributed by atoms with Gasteiger partial charge in [-0.3, -0.25) is 0 Å². The molecule has 1 N–H and O–H groups in total. The fourth-order valence-electron chi connectivity index (χ4n) is 2.73. The normalized spacial score (nSPS) is 17.8. The second kappa shape index (κ2) is 7.04. The fraction of sp³-hybridized carbons (Fsp3) is 0.769. The number of rotatable bonds is 6. The third kappa shape index (κ3) is 3.43.